The fourth-order valence-electron chi connectivity index (χ4n) is 2.05. The molecule has 1 aliphatic carbocycles. The molecule has 96 valence electrons. The summed E-state index contributed by atoms with van der Waals surface area (Å²) < 4.78 is 10.3. The number of carbonyl (C=O) groups excluding carboxylic acids is 2. The lowest BCUT2D eigenvalue weighted by Crippen LogP contribution is -2.17. The zero-order chi connectivity index (χ0) is 13.4. The minimum Gasteiger partial charge on any atom is -0.492 e. The maximum Gasteiger partial charge on any atom is 0.263 e. The maximum absolute atomic E-state index is 12.0. The van der Waals surface area contributed by atoms with Crippen molar-refractivity contribution in [1.29, 1.82) is 0 Å². The fraction of sp³-hybridized carbons (Fsp3) is 0.385. The predicted octanol–water partition coefficient (Wildman–Crippen LogP) is 1.80. The lowest BCUT2D eigenvalue weighted by atomic mass is 9.95. The van der Waals surface area contributed by atoms with Gasteiger partial charge in [-0.25, -0.2) is 0 Å². The third-order valence-corrected chi connectivity index (χ3v) is 2.88. The molecule has 0 aromatic carbocycles. The first-order chi connectivity index (χ1) is 8.51. The van der Waals surface area contributed by atoms with Gasteiger partial charge in [0.25, 0.3) is 5.78 Å². The summed E-state index contributed by atoms with van der Waals surface area (Å²) in [5, 5.41) is 9.36. The van der Waals surface area contributed by atoms with Gasteiger partial charge in [-0.2, -0.15) is 0 Å². The first-order valence-corrected chi connectivity index (χ1v) is 5.62. The molecule has 0 atom stereocenters. The van der Waals surface area contributed by atoms with Crippen molar-refractivity contribution >= 4 is 11.6 Å². The van der Waals surface area contributed by atoms with E-state index >= 15 is 0 Å². The third-order valence-electron chi connectivity index (χ3n) is 2.88. The summed E-state index contributed by atoms with van der Waals surface area (Å²) in [5.74, 6) is -0.470. The first kappa shape index (κ1) is 12.6. The highest BCUT2D eigenvalue weighted by Crippen LogP contribution is 2.33. The van der Waals surface area contributed by atoms with Crippen molar-refractivity contribution in [3.05, 3.63) is 34.5 Å². The molecule has 0 fully saturated rings. The number of Topliss-reactive ketones (excluding diaryl/α,β-unsaturated/α-hetero) is 1. The molecule has 1 N–H and O–H groups in total. The van der Waals surface area contributed by atoms with Gasteiger partial charge >= 0.3 is 0 Å². The normalized spacial score (nSPS) is 14.8. The SMILES string of the molecule is COC1=CC(=O)c2c(oc(C(C)C)c2CO)C1=O. The number of furan rings is 1. The van der Waals surface area contributed by atoms with Gasteiger partial charge in [0.15, 0.2) is 17.3 Å². The molecule has 2 rings (SSSR count). The molecule has 0 amide bonds. The summed E-state index contributed by atoms with van der Waals surface area (Å²) in [6.45, 7) is 3.40. The molecule has 0 radical (unpaired) electrons. The lowest BCUT2D eigenvalue weighted by Gasteiger charge is -2.09. The van der Waals surface area contributed by atoms with E-state index < -0.39 is 5.78 Å². The average Bonchev–Trinajstić information content (AvgIpc) is 2.73. The number of hydrogen-bond donors (Lipinski definition) is 1. The predicted molar refractivity (Wildman–Crippen MR) is 62.5 cm³/mol. The zero-order valence-corrected chi connectivity index (χ0v) is 10.4. The van der Waals surface area contributed by atoms with E-state index in [4.69, 9.17) is 9.15 Å². The highest BCUT2D eigenvalue weighted by atomic mass is 16.5. The molecular weight excluding hydrogens is 236 g/mol. The number of aliphatic hydroxyl groups excluding tert-OH is 1. The second kappa shape index (κ2) is 4.42. The van der Waals surface area contributed by atoms with E-state index in [1.54, 1.807) is 0 Å². The van der Waals surface area contributed by atoms with Gasteiger partial charge < -0.3 is 14.3 Å². The summed E-state index contributed by atoms with van der Waals surface area (Å²) in [7, 11) is 1.32. The second-order valence-corrected chi connectivity index (χ2v) is 4.37. The highest BCUT2D eigenvalue weighted by molar-refractivity contribution is 6.23. The van der Waals surface area contributed by atoms with Crippen molar-refractivity contribution in [2.24, 2.45) is 0 Å². The zero-order valence-electron chi connectivity index (χ0n) is 10.4. The molecule has 5 nitrogen and oxygen atoms in total. The number of hydrogen-bond acceptors (Lipinski definition) is 5. The monoisotopic (exact) mass is 250 g/mol. The van der Waals surface area contributed by atoms with Crippen LogP contribution in [-0.2, 0) is 11.3 Å². The minimum absolute atomic E-state index is 0.0238. The molecule has 0 saturated carbocycles. The summed E-state index contributed by atoms with van der Waals surface area (Å²) in [6.07, 6.45) is 1.13. The first-order valence-electron chi connectivity index (χ1n) is 5.62. The van der Waals surface area contributed by atoms with E-state index in [0.717, 1.165) is 6.08 Å². The van der Waals surface area contributed by atoms with Gasteiger partial charge in [0.2, 0.25) is 0 Å². The maximum atomic E-state index is 12.0. The van der Waals surface area contributed by atoms with Crippen molar-refractivity contribution in [1.82, 2.24) is 0 Å². The molecule has 18 heavy (non-hydrogen) atoms. The fourth-order valence-corrected chi connectivity index (χ4v) is 2.05. The van der Waals surface area contributed by atoms with Crippen LogP contribution in [0.15, 0.2) is 16.3 Å². The Balaban J connectivity index is 2.66. The largest absolute Gasteiger partial charge is 0.492 e. The molecule has 0 unspecified atom stereocenters. The van der Waals surface area contributed by atoms with Gasteiger partial charge in [-0.1, -0.05) is 13.8 Å². The van der Waals surface area contributed by atoms with Crippen LogP contribution in [0.1, 0.15) is 52.0 Å². The van der Waals surface area contributed by atoms with E-state index in [0.29, 0.717) is 11.3 Å². The van der Waals surface area contributed by atoms with Crippen molar-refractivity contribution in [3.63, 3.8) is 0 Å². The van der Waals surface area contributed by atoms with E-state index in [1.807, 2.05) is 13.8 Å². The molecule has 0 bridgehead atoms. The van der Waals surface area contributed by atoms with Crippen LogP contribution in [-0.4, -0.2) is 23.8 Å². The molecule has 0 spiro atoms. The van der Waals surface area contributed by atoms with Gasteiger partial charge in [-0.3, -0.25) is 9.59 Å². The van der Waals surface area contributed by atoms with E-state index in [-0.39, 0.29) is 35.4 Å². The number of methoxy groups -OCH3 is 1. The topological polar surface area (TPSA) is 76.7 Å². The van der Waals surface area contributed by atoms with Crippen molar-refractivity contribution in [2.75, 3.05) is 7.11 Å². The number of fused-ring (bicyclic) bond motifs is 1. The van der Waals surface area contributed by atoms with Crippen molar-refractivity contribution < 1.29 is 23.8 Å². The minimum atomic E-state index is -0.464. The number of ether oxygens (including phenoxy) is 1. The van der Waals surface area contributed by atoms with Gasteiger partial charge in [-0.05, 0) is 0 Å². The van der Waals surface area contributed by atoms with E-state index in [2.05, 4.69) is 0 Å². The van der Waals surface area contributed by atoms with Crippen LogP contribution in [0.3, 0.4) is 0 Å². The second-order valence-electron chi connectivity index (χ2n) is 4.37. The molecule has 0 aliphatic heterocycles. The molecule has 1 aromatic heterocycles. The van der Waals surface area contributed by atoms with Gasteiger partial charge in [0.1, 0.15) is 5.76 Å². The summed E-state index contributed by atoms with van der Waals surface area (Å²) in [6, 6.07) is 0. The van der Waals surface area contributed by atoms with Gasteiger partial charge in [0.05, 0.1) is 19.3 Å². The summed E-state index contributed by atoms with van der Waals surface area (Å²) in [4.78, 5) is 23.9. The molecule has 1 heterocycles. The van der Waals surface area contributed by atoms with Crippen molar-refractivity contribution in [3.8, 4) is 0 Å². The quantitative estimate of drug-likeness (QED) is 0.885. The van der Waals surface area contributed by atoms with Crippen LogP contribution >= 0.6 is 0 Å². The third kappa shape index (κ3) is 1.67. The van der Waals surface area contributed by atoms with Crippen LogP contribution < -0.4 is 0 Å². The highest BCUT2D eigenvalue weighted by Gasteiger charge is 2.35. The summed E-state index contributed by atoms with van der Waals surface area (Å²) >= 11 is 0. The Labute approximate surface area is 104 Å². The molecule has 5 heteroatoms. The number of aliphatic hydroxyl groups is 1. The molecular formula is C13H14O5. The standard InChI is InChI=1S/C13H14O5/c1-6(2)12-7(5-14)10-8(15)4-9(17-3)11(16)13(10)18-12/h4,6,14H,5H2,1-3H3. The van der Waals surface area contributed by atoms with Crippen LogP contribution in [0.2, 0.25) is 0 Å². The Morgan fingerprint density at radius 3 is 2.56 bits per heavy atom. The van der Waals surface area contributed by atoms with Crippen LogP contribution in [0, 0.1) is 0 Å². The number of allylic oxidation sites excluding steroid dienone is 2. The smallest absolute Gasteiger partial charge is 0.263 e. The number of rotatable bonds is 3. The number of ketones is 2. The van der Waals surface area contributed by atoms with Gasteiger partial charge in [0, 0.05) is 17.6 Å². The lowest BCUT2D eigenvalue weighted by molar-refractivity contribution is 0.0890. The van der Waals surface area contributed by atoms with Crippen molar-refractivity contribution in [2.45, 2.75) is 26.4 Å². The average molecular weight is 250 g/mol. The Morgan fingerprint density at radius 1 is 1.39 bits per heavy atom. The van der Waals surface area contributed by atoms with E-state index in [1.165, 1.54) is 7.11 Å². The van der Waals surface area contributed by atoms with Gasteiger partial charge in [-0.15, -0.1) is 0 Å². The van der Waals surface area contributed by atoms with Crippen LogP contribution in [0.25, 0.3) is 0 Å². The van der Waals surface area contributed by atoms with E-state index in [9.17, 15) is 14.7 Å². The molecule has 0 saturated heterocycles. The Kier molecular flexibility index (Phi) is 3.09. The summed E-state index contributed by atoms with van der Waals surface area (Å²) in [5.41, 5.74) is 0.553. The molecule has 1 aromatic rings. The number of carbonyl (C=O) groups is 2. The van der Waals surface area contributed by atoms with Crippen LogP contribution in [0.4, 0.5) is 0 Å². The molecule has 1 aliphatic rings. The van der Waals surface area contributed by atoms with Crippen LogP contribution in [0.5, 0.6) is 0 Å². The Bertz CT molecular complexity index is 548. The Hall–Kier alpha value is -1.88. The Morgan fingerprint density at radius 2 is 2.06 bits per heavy atom.